The van der Waals surface area contributed by atoms with Crippen molar-refractivity contribution in [1.82, 2.24) is 0 Å². The fraction of sp³-hybridized carbons (Fsp3) is 0.125. The molecule has 132 valence electrons. The van der Waals surface area contributed by atoms with Crippen LogP contribution in [0.2, 0.25) is 15.1 Å². The summed E-state index contributed by atoms with van der Waals surface area (Å²) in [6.07, 6.45) is 1.48. The lowest BCUT2D eigenvalue weighted by molar-refractivity contribution is 0.284. The maximum atomic E-state index is 6.17. The van der Waals surface area contributed by atoms with Crippen molar-refractivity contribution in [2.24, 2.45) is 21.7 Å². The number of nitrogens with zero attached hydrogens (tertiary/aromatic N) is 2. The summed E-state index contributed by atoms with van der Waals surface area (Å²) in [5.74, 6) is 0.884. The molecule has 0 aromatic heterocycles. The monoisotopic (exact) mass is 400 g/mol. The van der Waals surface area contributed by atoms with Crippen molar-refractivity contribution in [3.05, 3.63) is 56.5 Å². The highest BCUT2D eigenvalue weighted by atomic mass is 35.5. The second kappa shape index (κ2) is 8.80. The maximum absolute atomic E-state index is 6.17. The van der Waals surface area contributed by atoms with Gasteiger partial charge in [-0.3, -0.25) is 0 Å². The summed E-state index contributed by atoms with van der Waals surface area (Å²) in [7, 11) is 1.53. The molecule has 0 aliphatic carbocycles. The number of guanidine groups is 1. The van der Waals surface area contributed by atoms with Crippen LogP contribution < -0.4 is 20.9 Å². The van der Waals surface area contributed by atoms with E-state index in [2.05, 4.69) is 10.2 Å². The molecule has 0 amide bonds. The first-order chi connectivity index (χ1) is 11.9. The summed E-state index contributed by atoms with van der Waals surface area (Å²) in [5, 5.41) is 8.50. The van der Waals surface area contributed by atoms with Crippen LogP contribution in [0.25, 0.3) is 0 Å². The summed E-state index contributed by atoms with van der Waals surface area (Å²) >= 11 is 18.3. The summed E-state index contributed by atoms with van der Waals surface area (Å²) in [6, 6.07) is 8.50. The number of nitrogens with two attached hydrogens (primary N) is 2. The van der Waals surface area contributed by atoms with Crippen LogP contribution in [0.4, 0.5) is 0 Å². The average Bonchev–Trinajstić information content (AvgIpc) is 2.58. The van der Waals surface area contributed by atoms with Crippen molar-refractivity contribution in [1.29, 1.82) is 0 Å². The molecule has 0 spiro atoms. The van der Waals surface area contributed by atoms with Crippen molar-refractivity contribution in [3.63, 3.8) is 0 Å². The SMILES string of the molecule is COc1cc(/C=N/N=C(N)N)ccc1OCc1c(Cl)ccc(Cl)c1Cl. The number of rotatable bonds is 6. The Hall–Kier alpha value is -2.15. The molecule has 0 saturated heterocycles. The molecule has 0 atom stereocenters. The van der Waals surface area contributed by atoms with Crippen LogP contribution in [-0.2, 0) is 6.61 Å². The number of methoxy groups -OCH3 is 1. The Labute approximate surface area is 160 Å². The van der Waals surface area contributed by atoms with E-state index < -0.39 is 0 Å². The molecule has 4 N–H and O–H groups in total. The lowest BCUT2D eigenvalue weighted by Crippen LogP contribution is -2.21. The molecule has 0 bridgehead atoms. The largest absolute Gasteiger partial charge is 0.493 e. The van der Waals surface area contributed by atoms with Gasteiger partial charge in [-0.2, -0.15) is 5.10 Å². The van der Waals surface area contributed by atoms with E-state index in [0.29, 0.717) is 32.1 Å². The first-order valence-corrected chi connectivity index (χ1v) is 8.11. The second-order valence-electron chi connectivity index (χ2n) is 4.79. The van der Waals surface area contributed by atoms with Crippen molar-refractivity contribution in [2.75, 3.05) is 7.11 Å². The minimum atomic E-state index is -0.126. The Bertz CT molecular complexity index is 821. The van der Waals surface area contributed by atoms with Gasteiger partial charge in [0.05, 0.1) is 23.4 Å². The van der Waals surface area contributed by atoms with Crippen molar-refractivity contribution < 1.29 is 9.47 Å². The topological polar surface area (TPSA) is 95.2 Å². The fourth-order valence-corrected chi connectivity index (χ4v) is 2.55. The summed E-state index contributed by atoms with van der Waals surface area (Å²) in [5.41, 5.74) is 11.7. The van der Waals surface area contributed by atoms with Gasteiger partial charge in [0.1, 0.15) is 6.61 Å². The lowest BCUT2D eigenvalue weighted by atomic mass is 10.2. The number of ether oxygens (including phenoxy) is 2. The predicted molar refractivity (Wildman–Crippen MR) is 102 cm³/mol. The van der Waals surface area contributed by atoms with Gasteiger partial charge in [0.15, 0.2) is 11.5 Å². The Morgan fingerprint density at radius 2 is 1.80 bits per heavy atom. The Kier molecular flexibility index (Phi) is 6.75. The molecule has 0 aliphatic rings. The smallest absolute Gasteiger partial charge is 0.211 e. The average molecular weight is 402 g/mol. The van der Waals surface area contributed by atoms with Gasteiger partial charge in [-0.1, -0.05) is 34.8 Å². The molecular formula is C16H15Cl3N4O2. The highest BCUT2D eigenvalue weighted by molar-refractivity contribution is 6.44. The van der Waals surface area contributed by atoms with Gasteiger partial charge >= 0.3 is 0 Å². The molecular weight excluding hydrogens is 387 g/mol. The highest BCUT2D eigenvalue weighted by Crippen LogP contribution is 2.34. The van der Waals surface area contributed by atoms with E-state index in [9.17, 15) is 0 Å². The maximum Gasteiger partial charge on any atom is 0.211 e. The van der Waals surface area contributed by atoms with Crippen LogP contribution in [0, 0.1) is 0 Å². The first-order valence-electron chi connectivity index (χ1n) is 6.97. The van der Waals surface area contributed by atoms with Crippen LogP contribution >= 0.6 is 34.8 Å². The first kappa shape index (κ1) is 19.2. The molecule has 2 rings (SSSR count). The third kappa shape index (κ3) is 5.16. The highest BCUT2D eigenvalue weighted by Gasteiger charge is 2.12. The zero-order chi connectivity index (χ0) is 18.4. The number of halogens is 3. The van der Waals surface area contributed by atoms with Crippen LogP contribution in [0.3, 0.4) is 0 Å². The van der Waals surface area contributed by atoms with Crippen molar-refractivity contribution >= 4 is 47.0 Å². The quantitative estimate of drug-likeness (QED) is 0.333. The Morgan fingerprint density at radius 3 is 2.48 bits per heavy atom. The van der Waals surface area contributed by atoms with Crippen LogP contribution in [0.5, 0.6) is 11.5 Å². The third-order valence-corrected chi connectivity index (χ3v) is 4.28. The zero-order valence-electron chi connectivity index (χ0n) is 13.2. The van der Waals surface area contributed by atoms with E-state index in [1.807, 2.05) is 0 Å². The molecule has 2 aromatic carbocycles. The molecule has 9 heteroatoms. The minimum Gasteiger partial charge on any atom is -0.493 e. The molecule has 2 aromatic rings. The van der Waals surface area contributed by atoms with Gasteiger partial charge in [-0.25, -0.2) is 0 Å². The molecule has 0 radical (unpaired) electrons. The van der Waals surface area contributed by atoms with E-state index in [1.165, 1.54) is 13.3 Å². The summed E-state index contributed by atoms with van der Waals surface area (Å²) in [4.78, 5) is 0. The zero-order valence-corrected chi connectivity index (χ0v) is 15.4. The third-order valence-electron chi connectivity index (χ3n) is 3.08. The van der Waals surface area contributed by atoms with E-state index in [4.69, 9.17) is 55.7 Å². The summed E-state index contributed by atoms with van der Waals surface area (Å²) < 4.78 is 11.1. The molecule has 0 heterocycles. The van der Waals surface area contributed by atoms with Gasteiger partial charge in [-0.15, -0.1) is 5.10 Å². The van der Waals surface area contributed by atoms with Crippen LogP contribution in [-0.4, -0.2) is 19.3 Å². The van der Waals surface area contributed by atoms with E-state index in [1.54, 1.807) is 30.3 Å². The van der Waals surface area contributed by atoms with Crippen molar-refractivity contribution in [2.45, 2.75) is 6.61 Å². The molecule has 0 aliphatic heterocycles. The molecule has 0 saturated carbocycles. The molecule has 6 nitrogen and oxygen atoms in total. The molecule has 0 fully saturated rings. The number of benzene rings is 2. The Morgan fingerprint density at radius 1 is 1.08 bits per heavy atom. The number of hydrogen-bond donors (Lipinski definition) is 2. The fourth-order valence-electron chi connectivity index (χ4n) is 1.90. The van der Waals surface area contributed by atoms with Gasteiger partial charge in [-0.05, 0) is 35.9 Å². The van der Waals surface area contributed by atoms with Gasteiger partial charge in [0.2, 0.25) is 5.96 Å². The lowest BCUT2D eigenvalue weighted by Gasteiger charge is -2.13. The second-order valence-corrected chi connectivity index (χ2v) is 5.98. The van der Waals surface area contributed by atoms with Crippen LogP contribution in [0.15, 0.2) is 40.5 Å². The van der Waals surface area contributed by atoms with Crippen molar-refractivity contribution in [3.8, 4) is 11.5 Å². The van der Waals surface area contributed by atoms with Gasteiger partial charge < -0.3 is 20.9 Å². The van der Waals surface area contributed by atoms with Gasteiger partial charge in [0.25, 0.3) is 0 Å². The van der Waals surface area contributed by atoms with E-state index in [-0.39, 0.29) is 12.6 Å². The van der Waals surface area contributed by atoms with E-state index >= 15 is 0 Å². The molecule has 25 heavy (non-hydrogen) atoms. The van der Waals surface area contributed by atoms with Gasteiger partial charge in [0, 0.05) is 10.6 Å². The number of hydrogen-bond acceptors (Lipinski definition) is 4. The minimum absolute atomic E-state index is 0.126. The normalized spacial score (nSPS) is 10.7. The van der Waals surface area contributed by atoms with Crippen LogP contribution in [0.1, 0.15) is 11.1 Å². The predicted octanol–water partition coefficient (Wildman–Crippen LogP) is 3.84. The Balaban J connectivity index is 2.19. The summed E-state index contributed by atoms with van der Waals surface area (Å²) in [6.45, 7) is 0.135. The van der Waals surface area contributed by atoms with E-state index in [0.717, 1.165) is 5.56 Å². The molecule has 0 unspecified atom stereocenters. The standard InChI is InChI=1S/C16H15Cl3N4O2/c1-24-14-6-9(7-22-23-16(20)21)2-5-13(14)25-8-10-11(17)3-4-12(18)15(10)19/h2-7H,8H2,1H3,(H4,20,21,23)/b22-7+.